The van der Waals surface area contributed by atoms with E-state index in [9.17, 15) is 102 Å². The van der Waals surface area contributed by atoms with E-state index in [1.807, 2.05) is 22.8 Å². The standard InChI is InChI=1S/C59H79N15O22/c1-5-6-14-36-54(90)71-38(20-48(85)86)55(91)67-28(3)51(87)70-37(19-47(83)84)53(89)65-24-44(79)69-40(26-75)56(92)74-49(27(2)16-46(81)82)58(94)72-39(18-41(76)32-12-7-9-13-33(32)60)59(95)96-29(4)50(57(93)66-25-43(78)68-36)73-45(80)23-63-42(77)22-64-52(88)34(61)17-30-21-62-35-15-10-8-11-31(30)35/h7-13,15,21,27-29,34,36-40,49-50,62,75H,5-6,14,16-20,22-26,60-61H2,1-4H3,(H,63,77)(H,64,88)(H,65,89)(H,66,93)(H,67,91)(H,68,78)(H,69,79)(H,70,87)(H,71,90)(H,72,94)(H,73,80)(H,74,92)(H,81,82)(H,83,84)(H,85,86). The summed E-state index contributed by atoms with van der Waals surface area (Å²) in [5.41, 5.74) is 13.4. The van der Waals surface area contributed by atoms with Crippen LogP contribution < -0.4 is 75.3 Å². The number of hydrogen-bond donors (Lipinski definition) is 19. The number of ether oxygens (including phenoxy) is 1. The highest BCUT2D eigenvalue weighted by Crippen LogP contribution is 2.20. The lowest BCUT2D eigenvalue weighted by molar-refractivity contribution is -0.156. The van der Waals surface area contributed by atoms with Gasteiger partial charge in [0.2, 0.25) is 70.9 Å². The number of esters is 1. The molecule has 3 aromatic rings. The highest BCUT2D eigenvalue weighted by molar-refractivity contribution is 6.04. The van der Waals surface area contributed by atoms with Crippen molar-refractivity contribution in [3.63, 3.8) is 0 Å². The maximum Gasteiger partial charge on any atom is 0.329 e. The number of aliphatic hydroxyl groups is 1. The van der Waals surface area contributed by atoms with Crippen LogP contribution in [0.4, 0.5) is 5.69 Å². The minimum atomic E-state index is -2.18. The van der Waals surface area contributed by atoms with Crippen LogP contribution in [0, 0.1) is 5.92 Å². The number of H-pyrrole nitrogens is 1. The van der Waals surface area contributed by atoms with Crippen molar-refractivity contribution in [2.45, 2.75) is 140 Å². The Bertz CT molecular complexity index is 3410. The molecule has 0 bridgehead atoms. The van der Waals surface area contributed by atoms with Gasteiger partial charge in [0.25, 0.3) is 0 Å². The van der Waals surface area contributed by atoms with E-state index in [0.717, 1.165) is 31.7 Å². The number of aromatic nitrogens is 1. The first-order valence-electron chi connectivity index (χ1n) is 30.0. The Hall–Kier alpha value is -11.1. The Balaban J connectivity index is 1.74. The second kappa shape index (κ2) is 37.6. The lowest BCUT2D eigenvalue weighted by Gasteiger charge is -2.29. The summed E-state index contributed by atoms with van der Waals surface area (Å²) in [7, 11) is 0. The number of para-hydroxylation sites is 2. The first kappa shape index (κ1) is 77.3. The summed E-state index contributed by atoms with van der Waals surface area (Å²) in [6, 6.07) is -4.14. The average molecular weight is 1350 g/mol. The van der Waals surface area contributed by atoms with Gasteiger partial charge in [0, 0.05) is 34.8 Å². The van der Waals surface area contributed by atoms with Crippen LogP contribution in [0.2, 0.25) is 0 Å². The Labute approximate surface area is 546 Å². The zero-order chi connectivity index (χ0) is 71.5. The molecule has 0 saturated carbocycles. The number of nitrogen functional groups attached to an aromatic ring is 1. The SMILES string of the molecule is CCCCC1NC(=O)CNC(=O)C(NC(=O)CNC(=O)CNC(=O)C(N)Cc2c[nH]c3ccccc23)C(C)OC(=O)C(CC(=O)c2ccccc2N)NC(=O)C(C(C)CC(=O)O)NC(=O)C(CO)NC(=O)CNC(=O)C(CC(=O)O)NC(=O)C(C)NC(=O)C(CC(=O)O)NC1=O. The fraction of sp³-hybridized carbons (Fsp3) is 0.475. The van der Waals surface area contributed by atoms with Crippen LogP contribution in [-0.2, 0) is 87.9 Å². The van der Waals surface area contributed by atoms with Gasteiger partial charge in [-0.15, -0.1) is 0 Å². The van der Waals surface area contributed by atoms with Crippen LogP contribution in [-0.4, -0.2) is 219 Å². The summed E-state index contributed by atoms with van der Waals surface area (Å²) in [5, 5.41) is 66.2. The second-order valence-corrected chi connectivity index (χ2v) is 22.2. The number of cyclic esters (lactones) is 1. The van der Waals surface area contributed by atoms with Crippen molar-refractivity contribution in [1.82, 2.24) is 68.8 Å². The molecule has 12 amide bonds. The first-order chi connectivity index (χ1) is 45.3. The smallest absolute Gasteiger partial charge is 0.329 e. The predicted molar refractivity (Wildman–Crippen MR) is 331 cm³/mol. The van der Waals surface area contributed by atoms with Crippen LogP contribution >= 0.6 is 0 Å². The number of aliphatic hydroxyl groups excluding tert-OH is 1. The van der Waals surface area contributed by atoms with Gasteiger partial charge in [0.05, 0.1) is 58.1 Å². The molecule has 11 unspecified atom stereocenters. The fourth-order valence-corrected chi connectivity index (χ4v) is 9.38. The molecule has 37 nitrogen and oxygen atoms in total. The van der Waals surface area contributed by atoms with E-state index in [0.29, 0.717) is 12.0 Å². The zero-order valence-corrected chi connectivity index (χ0v) is 52.5. The van der Waals surface area contributed by atoms with E-state index >= 15 is 0 Å². The Kier molecular flexibility index (Phi) is 30.3. The van der Waals surface area contributed by atoms with E-state index in [1.54, 1.807) is 25.3 Å². The zero-order valence-electron chi connectivity index (χ0n) is 52.5. The number of amides is 12. The molecule has 0 radical (unpaired) electrons. The van der Waals surface area contributed by atoms with Gasteiger partial charge in [-0.25, -0.2) is 4.79 Å². The number of carboxylic acid groups (broad SMARTS) is 3. The molecule has 1 aliphatic heterocycles. The number of nitrogens with two attached hydrogens (primary N) is 2. The van der Waals surface area contributed by atoms with Gasteiger partial charge < -0.3 is 105 Å². The van der Waals surface area contributed by atoms with Gasteiger partial charge in [0.15, 0.2) is 5.78 Å². The molecule has 37 heteroatoms. The number of hydrogen-bond acceptors (Lipinski definition) is 21. The summed E-state index contributed by atoms with van der Waals surface area (Å²) in [4.78, 5) is 230. The highest BCUT2D eigenvalue weighted by Gasteiger charge is 2.39. The van der Waals surface area contributed by atoms with Gasteiger partial charge in [-0.1, -0.05) is 57.0 Å². The van der Waals surface area contributed by atoms with Crippen molar-refractivity contribution >= 4 is 117 Å². The van der Waals surface area contributed by atoms with Crippen LogP contribution in [0.5, 0.6) is 0 Å². The number of rotatable bonds is 22. The number of Topliss-reactive ketones (excluding diaryl/α,β-unsaturated/α-hetero) is 1. The maximum absolute atomic E-state index is 14.5. The molecule has 2 heterocycles. The van der Waals surface area contributed by atoms with Crippen LogP contribution in [0.15, 0.2) is 54.7 Å². The van der Waals surface area contributed by atoms with E-state index < -0.39 is 225 Å². The van der Waals surface area contributed by atoms with Gasteiger partial charge >= 0.3 is 23.9 Å². The number of fused-ring (bicyclic) bond motifs is 1. The number of carbonyl (C=O) groups is 17. The molecule has 522 valence electrons. The number of anilines is 1. The van der Waals surface area contributed by atoms with Crippen molar-refractivity contribution in [1.29, 1.82) is 0 Å². The molecule has 1 aliphatic rings. The van der Waals surface area contributed by atoms with Gasteiger partial charge in [-0.3, -0.25) is 76.7 Å². The normalized spacial score (nSPS) is 22.5. The Morgan fingerprint density at radius 3 is 1.81 bits per heavy atom. The fourth-order valence-electron chi connectivity index (χ4n) is 9.38. The van der Waals surface area contributed by atoms with E-state index in [-0.39, 0.29) is 30.5 Å². The molecular formula is C59H79N15O22. The first-order valence-corrected chi connectivity index (χ1v) is 30.0. The summed E-state index contributed by atoms with van der Waals surface area (Å²) in [6.45, 7) is -0.195. The number of ketones is 1. The lowest BCUT2D eigenvalue weighted by Crippen LogP contribution is -2.60. The Morgan fingerprint density at radius 1 is 0.625 bits per heavy atom. The third kappa shape index (κ3) is 24.7. The number of aromatic amines is 1. The molecule has 4 rings (SSSR count). The maximum atomic E-state index is 14.5. The molecule has 0 spiro atoms. The monoisotopic (exact) mass is 1350 g/mol. The van der Waals surface area contributed by atoms with E-state index in [1.165, 1.54) is 24.3 Å². The topological polar surface area (TPSA) is 593 Å². The molecule has 96 heavy (non-hydrogen) atoms. The number of carboxylic acids is 3. The van der Waals surface area contributed by atoms with Crippen molar-refractivity contribution < 1.29 is 107 Å². The quantitative estimate of drug-likeness (QED) is 0.0253. The molecule has 11 atom stereocenters. The van der Waals surface area contributed by atoms with Crippen molar-refractivity contribution in [3.8, 4) is 0 Å². The summed E-state index contributed by atoms with van der Waals surface area (Å²) >= 11 is 0. The van der Waals surface area contributed by atoms with Crippen molar-refractivity contribution in [2.24, 2.45) is 11.7 Å². The average Bonchev–Trinajstić information content (AvgIpc) is 1.60. The molecule has 2 aromatic carbocycles. The van der Waals surface area contributed by atoms with Gasteiger partial charge in [0.1, 0.15) is 54.4 Å². The van der Waals surface area contributed by atoms with Crippen molar-refractivity contribution in [3.05, 3.63) is 65.9 Å². The van der Waals surface area contributed by atoms with E-state index in [2.05, 4.69) is 58.2 Å². The number of carbonyl (C=O) groups excluding carboxylic acids is 14. The Morgan fingerprint density at radius 2 is 1.19 bits per heavy atom. The third-order valence-electron chi connectivity index (χ3n) is 14.5. The molecule has 21 N–H and O–H groups in total. The van der Waals surface area contributed by atoms with E-state index in [4.69, 9.17) is 16.2 Å². The largest absolute Gasteiger partial charge is 0.481 e. The molecule has 1 saturated heterocycles. The van der Waals surface area contributed by atoms with Crippen LogP contribution in [0.1, 0.15) is 88.6 Å². The number of nitrogens with one attached hydrogen (secondary N) is 13. The summed E-state index contributed by atoms with van der Waals surface area (Å²) in [5.74, 6) is -23.3. The van der Waals surface area contributed by atoms with Crippen LogP contribution in [0.3, 0.4) is 0 Å². The summed E-state index contributed by atoms with van der Waals surface area (Å²) in [6.07, 6.45) is -3.97. The molecular weight excluding hydrogens is 1270 g/mol. The summed E-state index contributed by atoms with van der Waals surface area (Å²) < 4.78 is 5.63. The second-order valence-electron chi connectivity index (χ2n) is 22.2. The third-order valence-corrected chi connectivity index (χ3v) is 14.5. The van der Waals surface area contributed by atoms with Crippen LogP contribution in [0.25, 0.3) is 10.9 Å². The van der Waals surface area contributed by atoms with Crippen molar-refractivity contribution in [2.75, 3.05) is 38.5 Å². The van der Waals surface area contributed by atoms with Gasteiger partial charge in [-0.05, 0) is 56.4 Å². The molecule has 1 fully saturated rings. The minimum Gasteiger partial charge on any atom is -0.481 e. The highest BCUT2D eigenvalue weighted by atomic mass is 16.5. The number of benzene rings is 2. The minimum absolute atomic E-state index is 0.0659. The lowest BCUT2D eigenvalue weighted by atomic mass is 9.96. The molecule has 0 aliphatic carbocycles. The molecule has 1 aromatic heterocycles. The predicted octanol–water partition coefficient (Wildman–Crippen LogP) is -6.56. The van der Waals surface area contributed by atoms with Gasteiger partial charge in [-0.2, -0.15) is 0 Å². The number of unbranched alkanes of at least 4 members (excludes halogenated alkanes) is 1. The number of aliphatic carboxylic acids is 3.